The number of likely N-dealkylation sites (N-methyl/N-ethyl adjacent to an activating group) is 1. The second-order valence-corrected chi connectivity index (χ2v) is 7.48. The molecule has 0 atom stereocenters. The lowest BCUT2D eigenvalue weighted by Gasteiger charge is -2.17. The van der Waals surface area contributed by atoms with Crippen LogP contribution in [0.25, 0.3) is 22.3 Å². The summed E-state index contributed by atoms with van der Waals surface area (Å²) in [5.41, 5.74) is 8.83. The molecule has 2 aromatic heterocycles. The van der Waals surface area contributed by atoms with E-state index >= 15 is 0 Å². The van der Waals surface area contributed by atoms with Crippen molar-refractivity contribution < 1.29 is 9.53 Å². The van der Waals surface area contributed by atoms with Gasteiger partial charge in [0.2, 0.25) is 5.91 Å². The number of anilines is 1. The molecule has 0 aliphatic carbocycles. The fourth-order valence-electron chi connectivity index (χ4n) is 3.37. The highest BCUT2D eigenvalue weighted by Crippen LogP contribution is 2.32. The zero-order chi connectivity index (χ0) is 22.7. The maximum atomic E-state index is 12.1. The number of fused-ring (bicyclic) bond motifs is 1. The zero-order valence-electron chi connectivity index (χ0n) is 18.0. The molecule has 4 aromatic rings. The number of para-hydroxylation sites is 1. The molecular formula is C24H24N6O2. The van der Waals surface area contributed by atoms with Crippen LogP contribution in [-0.2, 0) is 11.3 Å². The minimum absolute atomic E-state index is 0.107. The first-order valence-electron chi connectivity index (χ1n) is 10.2. The Kier molecular flexibility index (Phi) is 5.85. The summed E-state index contributed by atoms with van der Waals surface area (Å²) >= 11 is 0. The predicted octanol–water partition coefficient (Wildman–Crippen LogP) is 3.90. The van der Waals surface area contributed by atoms with Crippen molar-refractivity contribution in [1.82, 2.24) is 24.6 Å². The number of hydrogen-bond donors (Lipinski definition) is 1. The van der Waals surface area contributed by atoms with Crippen molar-refractivity contribution >= 4 is 22.8 Å². The van der Waals surface area contributed by atoms with Gasteiger partial charge in [-0.25, -0.2) is 14.6 Å². The molecule has 2 heterocycles. The Morgan fingerprint density at radius 1 is 1.09 bits per heavy atom. The van der Waals surface area contributed by atoms with Crippen molar-refractivity contribution in [3.63, 3.8) is 0 Å². The topological polar surface area (TPSA) is 99.2 Å². The van der Waals surface area contributed by atoms with Crippen molar-refractivity contribution in [2.75, 3.05) is 19.3 Å². The normalized spacial score (nSPS) is 10.8. The first kappa shape index (κ1) is 21.0. The Labute approximate surface area is 186 Å². The monoisotopic (exact) mass is 428 g/mol. The van der Waals surface area contributed by atoms with Gasteiger partial charge < -0.3 is 15.4 Å². The molecule has 2 N–H and O–H groups in total. The van der Waals surface area contributed by atoms with Gasteiger partial charge in [-0.3, -0.25) is 4.79 Å². The summed E-state index contributed by atoms with van der Waals surface area (Å²) in [6.07, 6.45) is 1.42. The number of nitrogens with two attached hydrogens (primary N) is 1. The number of carbonyl (C=O) groups excluding carboxylic acids is 1. The molecule has 0 saturated carbocycles. The van der Waals surface area contributed by atoms with Gasteiger partial charge in [0.05, 0.1) is 11.9 Å². The summed E-state index contributed by atoms with van der Waals surface area (Å²) in [5, 5.41) is 5.42. The number of benzene rings is 2. The zero-order valence-corrected chi connectivity index (χ0v) is 18.0. The third kappa shape index (κ3) is 4.29. The Hall–Kier alpha value is -4.20. The number of rotatable bonds is 7. The van der Waals surface area contributed by atoms with E-state index in [1.807, 2.05) is 54.6 Å². The minimum atomic E-state index is -0.107. The highest BCUT2D eigenvalue weighted by molar-refractivity contribution is 5.98. The highest BCUT2D eigenvalue weighted by Gasteiger charge is 2.18. The standard InChI is InChI=1S/C24H24N6O2/c1-16(2)24(31)29(3)13-14-30-23-20(22(25)26-15-27-23)21(28-30)17-9-11-19(12-10-17)32-18-7-5-4-6-8-18/h4-12,15H,1,13-14H2,2-3H3,(H2,25,26,27). The van der Waals surface area contributed by atoms with E-state index in [0.717, 1.165) is 11.3 Å². The maximum absolute atomic E-state index is 12.1. The van der Waals surface area contributed by atoms with Crippen LogP contribution in [0, 0.1) is 0 Å². The number of nitrogens with zero attached hydrogens (tertiary/aromatic N) is 5. The van der Waals surface area contributed by atoms with Crippen LogP contribution in [0.5, 0.6) is 11.5 Å². The van der Waals surface area contributed by atoms with E-state index in [1.165, 1.54) is 6.33 Å². The molecule has 4 rings (SSSR count). The van der Waals surface area contributed by atoms with Gasteiger partial charge in [-0.15, -0.1) is 0 Å². The second kappa shape index (κ2) is 8.89. The molecule has 0 aliphatic heterocycles. The highest BCUT2D eigenvalue weighted by atomic mass is 16.5. The minimum Gasteiger partial charge on any atom is -0.457 e. The van der Waals surface area contributed by atoms with E-state index in [1.54, 1.807) is 23.6 Å². The van der Waals surface area contributed by atoms with Gasteiger partial charge in [-0.2, -0.15) is 5.10 Å². The van der Waals surface area contributed by atoms with Crippen molar-refractivity contribution in [3.8, 4) is 22.8 Å². The van der Waals surface area contributed by atoms with Crippen LogP contribution in [-0.4, -0.2) is 44.1 Å². The van der Waals surface area contributed by atoms with E-state index < -0.39 is 0 Å². The van der Waals surface area contributed by atoms with Gasteiger partial charge in [0.1, 0.15) is 29.3 Å². The third-order valence-electron chi connectivity index (χ3n) is 5.02. The molecule has 162 valence electrons. The van der Waals surface area contributed by atoms with E-state index in [0.29, 0.717) is 47.0 Å². The Morgan fingerprint density at radius 3 is 2.47 bits per heavy atom. The van der Waals surface area contributed by atoms with E-state index in [9.17, 15) is 4.79 Å². The summed E-state index contributed by atoms with van der Waals surface area (Å²) in [4.78, 5) is 22.2. The summed E-state index contributed by atoms with van der Waals surface area (Å²) in [5.74, 6) is 1.73. The molecule has 0 aliphatic rings. The summed E-state index contributed by atoms with van der Waals surface area (Å²) < 4.78 is 7.62. The number of aromatic nitrogens is 4. The van der Waals surface area contributed by atoms with Crippen LogP contribution in [0.3, 0.4) is 0 Å². The molecule has 0 bridgehead atoms. The lowest BCUT2D eigenvalue weighted by molar-refractivity contribution is -0.125. The number of ether oxygens (including phenoxy) is 1. The van der Waals surface area contributed by atoms with Crippen LogP contribution in [0.2, 0.25) is 0 Å². The average molecular weight is 428 g/mol. The van der Waals surface area contributed by atoms with Crippen LogP contribution in [0.15, 0.2) is 73.1 Å². The molecule has 0 saturated heterocycles. The number of hydrogen-bond acceptors (Lipinski definition) is 6. The molecule has 32 heavy (non-hydrogen) atoms. The summed E-state index contributed by atoms with van der Waals surface area (Å²) in [7, 11) is 1.73. The van der Waals surface area contributed by atoms with E-state index in [-0.39, 0.29) is 5.91 Å². The molecule has 0 unspecified atom stereocenters. The lowest BCUT2D eigenvalue weighted by atomic mass is 10.1. The van der Waals surface area contributed by atoms with Gasteiger partial charge in [0.25, 0.3) is 0 Å². The molecule has 0 fully saturated rings. The first-order chi connectivity index (χ1) is 15.4. The van der Waals surface area contributed by atoms with Crippen LogP contribution in [0.1, 0.15) is 6.92 Å². The third-order valence-corrected chi connectivity index (χ3v) is 5.02. The van der Waals surface area contributed by atoms with Crippen molar-refractivity contribution in [2.45, 2.75) is 13.5 Å². The van der Waals surface area contributed by atoms with Crippen molar-refractivity contribution in [1.29, 1.82) is 0 Å². The van der Waals surface area contributed by atoms with Crippen LogP contribution < -0.4 is 10.5 Å². The molecule has 0 radical (unpaired) electrons. The van der Waals surface area contributed by atoms with Crippen LogP contribution in [0.4, 0.5) is 5.82 Å². The molecule has 1 amide bonds. The van der Waals surface area contributed by atoms with Gasteiger partial charge in [0, 0.05) is 24.7 Å². The fraction of sp³-hybridized carbons (Fsp3) is 0.167. The SMILES string of the molecule is C=C(C)C(=O)N(C)CCn1nc(-c2ccc(Oc3ccccc3)cc2)c2c(N)ncnc21. The van der Waals surface area contributed by atoms with Crippen molar-refractivity contribution in [3.05, 3.63) is 73.1 Å². The lowest BCUT2D eigenvalue weighted by Crippen LogP contribution is -2.30. The summed E-state index contributed by atoms with van der Waals surface area (Å²) in [6.45, 7) is 6.31. The first-order valence-corrected chi connectivity index (χ1v) is 10.2. The van der Waals surface area contributed by atoms with Gasteiger partial charge in [-0.05, 0) is 43.3 Å². The number of amides is 1. The molecule has 8 nitrogen and oxygen atoms in total. The Morgan fingerprint density at radius 2 is 1.78 bits per heavy atom. The Bertz CT molecular complexity index is 1270. The maximum Gasteiger partial charge on any atom is 0.248 e. The molecule has 0 spiro atoms. The molecule has 2 aromatic carbocycles. The second-order valence-electron chi connectivity index (χ2n) is 7.48. The van der Waals surface area contributed by atoms with Crippen molar-refractivity contribution in [2.24, 2.45) is 0 Å². The summed E-state index contributed by atoms with van der Waals surface area (Å²) in [6, 6.07) is 17.2. The van der Waals surface area contributed by atoms with Crippen LogP contribution >= 0.6 is 0 Å². The average Bonchev–Trinajstić information content (AvgIpc) is 3.18. The predicted molar refractivity (Wildman–Crippen MR) is 124 cm³/mol. The van der Waals surface area contributed by atoms with Gasteiger partial charge in [-0.1, -0.05) is 24.8 Å². The fourth-order valence-corrected chi connectivity index (χ4v) is 3.37. The quantitative estimate of drug-likeness (QED) is 0.448. The molecular weight excluding hydrogens is 404 g/mol. The number of carbonyl (C=O) groups is 1. The van der Waals surface area contributed by atoms with Gasteiger partial charge in [0.15, 0.2) is 5.65 Å². The van der Waals surface area contributed by atoms with E-state index in [2.05, 4.69) is 16.5 Å². The molecule has 8 heteroatoms. The largest absolute Gasteiger partial charge is 0.457 e. The number of nitrogen functional groups attached to an aromatic ring is 1. The van der Waals surface area contributed by atoms with Gasteiger partial charge >= 0.3 is 0 Å². The Balaban J connectivity index is 1.63. The smallest absolute Gasteiger partial charge is 0.248 e. The van der Waals surface area contributed by atoms with E-state index in [4.69, 9.17) is 15.6 Å².